The summed E-state index contributed by atoms with van der Waals surface area (Å²) in [5.41, 5.74) is 1.56. The lowest BCUT2D eigenvalue weighted by molar-refractivity contribution is 0.623. The highest BCUT2D eigenvalue weighted by atomic mass is 32.1. The van der Waals surface area contributed by atoms with E-state index in [1.165, 1.54) is 6.20 Å². The van der Waals surface area contributed by atoms with Crippen LogP contribution in [-0.2, 0) is 12.8 Å². The van der Waals surface area contributed by atoms with Crippen LogP contribution in [0.3, 0.4) is 0 Å². The van der Waals surface area contributed by atoms with Gasteiger partial charge in [-0.3, -0.25) is 4.98 Å². The van der Waals surface area contributed by atoms with Gasteiger partial charge in [0, 0.05) is 24.5 Å². The molecule has 0 spiro atoms. The van der Waals surface area contributed by atoms with E-state index in [1.54, 1.807) is 23.6 Å². The molecule has 1 N–H and O–H groups in total. The van der Waals surface area contributed by atoms with Crippen LogP contribution in [-0.4, -0.2) is 16.5 Å². The van der Waals surface area contributed by atoms with Crippen LogP contribution in [0.5, 0.6) is 0 Å². The Balaban J connectivity index is 1.85. The molecule has 0 atom stereocenters. The van der Waals surface area contributed by atoms with Gasteiger partial charge in [-0.25, -0.2) is 9.37 Å². The number of hydrogen-bond acceptors (Lipinski definition) is 4. The molecule has 90 valence electrons. The summed E-state index contributed by atoms with van der Waals surface area (Å²) in [6.07, 6.45) is 4.55. The summed E-state index contributed by atoms with van der Waals surface area (Å²) in [4.78, 5) is 8.15. The van der Waals surface area contributed by atoms with Crippen LogP contribution in [0.15, 0.2) is 23.8 Å². The Morgan fingerprint density at radius 2 is 2.35 bits per heavy atom. The first-order valence-corrected chi connectivity index (χ1v) is 6.44. The van der Waals surface area contributed by atoms with Gasteiger partial charge in [-0.05, 0) is 12.5 Å². The molecule has 0 fully saturated rings. The number of nitrogens with one attached hydrogen (secondary N) is 1. The van der Waals surface area contributed by atoms with Gasteiger partial charge in [0.15, 0.2) is 5.82 Å². The maximum Gasteiger partial charge on any atom is 0.164 e. The quantitative estimate of drug-likeness (QED) is 0.888. The van der Waals surface area contributed by atoms with Crippen LogP contribution in [0.4, 0.5) is 10.1 Å². The molecule has 0 saturated carbocycles. The minimum Gasteiger partial charge on any atom is -0.382 e. The second-order valence-corrected chi connectivity index (χ2v) is 4.56. The lowest BCUT2D eigenvalue weighted by atomic mass is 10.3. The minimum absolute atomic E-state index is 0.319. The molecule has 0 aliphatic carbocycles. The van der Waals surface area contributed by atoms with Crippen LogP contribution < -0.4 is 5.32 Å². The van der Waals surface area contributed by atoms with E-state index in [1.807, 2.05) is 0 Å². The average Bonchev–Trinajstić information content (AvgIpc) is 2.80. The predicted molar refractivity (Wildman–Crippen MR) is 67.9 cm³/mol. The Morgan fingerprint density at radius 1 is 1.47 bits per heavy atom. The van der Waals surface area contributed by atoms with Gasteiger partial charge in [0.05, 0.1) is 22.6 Å². The summed E-state index contributed by atoms with van der Waals surface area (Å²) in [5.74, 6) is -0.319. The molecule has 0 unspecified atom stereocenters. The van der Waals surface area contributed by atoms with Crippen molar-refractivity contribution in [2.75, 3.05) is 11.9 Å². The molecule has 0 radical (unpaired) electrons. The standard InChI is InChI=1S/C12H14FN3S/c1-2-12-16-9(8-17-12)3-6-15-11-4-5-14-7-10(11)13/h4-5,7-8H,2-3,6H2,1H3,(H,14,15). The summed E-state index contributed by atoms with van der Waals surface area (Å²) in [6, 6.07) is 1.63. The molecular formula is C12H14FN3S. The highest BCUT2D eigenvalue weighted by molar-refractivity contribution is 7.09. The number of rotatable bonds is 5. The molecule has 2 aromatic rings. The largest absolute Gasteiger partial charge is 0.382 e. The van der Waals surface area contributed by atoms with Gasteiger partial charge >= 0.3 is 0 Å². The SMILES string of the molecule is CCc1nc(CCNc2ccncc2F)cs1. The van der Waals surface area contributed by atoms with Gasteiger partial charge in [0.1, 0.15) is 0 Å². The molecule has 5 heteroatoms. The van der Waals surface area contributed by atoms with Crippen molar-refractivity contribution in [3.63, 3.8) is 0 Å². The van der Waals surface area contributed by atoms with Crippen molar-refractivity contribution in [3.8, 4) is 0 Å². The summed E-state index contributed by atoms with van der Waals surface area (Å²) in [7, 11) is 0. The zero-order chi connectivity index (χ0) is 12.1. The third kappa shape index (κ3) is 3.23. The van der Waals surface area contributed by atoms with Crippen LogP contribution >= 0.6 is 11.3 Å². The van der Waals surface area contributed by atoms with Crippen molar-refractivity contribution in [2.45, 2.75) is 19.8 Å². The van der Waals surface area contributed by atoms with Crippen molar-refractivity contribution in [1.29, 1.82) is 0 Å². The number of anilines is 1. The molecule has 0 aromatic carbocycles. The number of pyridine rings is 1. The van der Waals surface area contributed by atoms with E-state index < -0.39 is 0 Å². The fraction of sp³-hybridized carbons (Fsp3) is 0.333. The lowest BCUT2D eigenvalue weighted by Crippen LogP contribution is -2.06. The van der Waals surface area contributed by atoms with Crippen molar-refractivity contribution in [1.82, 2.24) is 9.97 Å². The Morgan fingerprint density at radius 3 is 3.06 bits per heavy atom. The summed E-state index contributed by atoms with van der Waals surface area (Å²) < 4.78 is 13.2. The monoisotopic (exact) mass is 251 g/mol. The molecule has 0 amide bonds. The van der Waals surface area contributed by atoms with Gasteiger partial charge < -0.3 is 5.32 Å². The first-order valence-electron chi connectivity index (χ1n) is 5.56. The highest BCUT2D eigenvalue weighted by Gasteiger charge is 2.02. The first-order chi connectivity index (χ1) is 8.29. The van der Waals surface area contributed by atoms with E-state index in [0.29, 0.717) is 12.2 Å². The molecule has 2 aromatic heterocycles. The van der Waals surface area contributed by atoms with E-state index in [9.17, 15) is 4.39 Å². The Bertz CT molecular complexity index is 484. The first kappa shape index (κ1) is 12.0. The highest BCUT2D eigenvalue weighted by Crippen LogP contribution is 2.13. The predicted octanol–water partition coefficient (Wildman–Crippen LogP) is 2.89. The molecular weight excluding hydrogens is 237 g/mol. The van der Waals surface area contributed by atoms with E-state index in [4.69, 9.17) is 0 Å². The van der Waals surface area contributed by atoms with Crippen molar-refractivity contribution < 1.29 is 4.39 Å². The molecule has 2 rings (SSSR count). The van der Waals surface area contributed by atoms with E-state index in [0.717, 1.165) is 23.5 Å². The summed E-state index contributed by atoms with van der Waals surface area (Å²) in [6.45, 7) is 2.76. The number of halogens is 1. The lowest BCUT2D eigenvalue weighted by Gasteiger charge is -2.05. The number of aryl methyl sites for hydroxylation is 1. The van der Waals surface area contributed by atoms with Crippen LogP contribution in [0.1, 0.15) is 17.6 Å². The van der Waals surface area contributed by atoms with Gasteiger partial charge in [-0.2, -0.15) is 0 Å². The summed E-state index contributed by atoms with van der Waals surface area (Å²) in [5, 5.41) is 6.25. The normalized spacial score (nSPS) is 10.5. The van der Waals surface area contributed by atoms with E-state index in [-0.39, 0.29) is 5.82 Å². The van der Waals surface area contributed by atoms with Crippen LogP contribution in [0, 0.1) is 5.82 Å². The number of nitrogens with zero attached hydrogens (tertiary/aromatic N) is 2. The molecule has 2 heterocycles. The second-order valence-electron chi connectivity index (χ2n) is 3.62. The van der Waals surface area contributed by atoms with E-state index in [2.05, 4.69) is 27.6 Å². The molecule has 0 aliphatic heterocycles. The van der Waals surface area contributed by atoms with Crippen molar-refractivity contribution in [2.24, 2.45) is 0 Å². The number of aromatic nitrogens is 2. The topological polar surface area (TPSA) is 37.8 Å². The fourth-order valence-electron chi connectivity index (χ4n) is 1.47. The Kier molecular flexibility index (Phi) is 4.03. The van der Waals surface area contributed by atoms with Gasteiger partial charge in [0.25, 0.3) is 0 Å². The third-order valence-corrected chi connectivity index (χ3v) is 3.41. The molecule has 0 aliphatic rings. The smallest absolute Gasteiger partial charge is 0.164 e. The zero-order valence-corrected chi connectivity index (χ0v) is 10.4. The molecule has 3 nitrogen and oxygen atoms in total. The maximum absolute atomic E-state index is 13.2. The number of hydrogen-bond donors (Lipinski definition) is 1. The molecule has 17 heavy (non-hydrogen) atoms. The molecule has 0 bridgehead atoms. The van der Waals surface area contributed by atoms with E-state index >= 15 is 0 Å². The van der Waals surface area contributed by atoms with Gasteiger partial charge in [0.2, 0.25) is 0 Å². The van der Waals surface area contributed by atoms with Gasteiger partial charge in [-0.15, -0.1) is 11.3 Å². The van der Waals surface area contributed by atoms with Gasteiger partial charge in [-0.1, -0.05) is 6.92 Å². The number of thiazole rings is 1. The zero-order valence-electron chi connectivity index (χ0n) is 9.61. The fourth-order valence-corrected chi connectivity index (χ4v) is 2.25. The molecule has 0 saturated heterocycles. The van der Waals surface area contributed by atoms with Crippen molar-refractivity contribution >= 4 is 17.0 Å². The van der Waals surface area contributed by atoms with Crippen LogP contribution in [0.25, 0.3) is 0 Å². The Labute approximate surface area is 104 Å². The maximum atomic E-state index is 13.2. The summed E-state index contributed by atoms with van der Waals surface area (Å²) >= 11 is 1.68. The minimum atomic E-state index is -0.319. The average molecular weight is 251 g/mol. The van der Waals surface area contributed by atoms with Crippen molar-refractivity contribution in [3.05, 3.63) is 40.4 Å². The van der Waals surface area contributed by atoms with Crippen LogP contribution in [0.2, 0.25) is 0 Å². The Hall–Kier alpha value is -1.49. The second kappa shape index (κ2) is 5.72. The third-order valence-electron chi connectivity index (χ3n) is 2.37.